The lowest BCUT2D eigenvalue weighted by Crippen LogP contribution is -2.17. The van der Waals surface area contributed by atoms with E-state index >= 15 is 0 Å². The van der Waals surface area contributed by atoms with Crippen molar-refractivity contribution in [2.24, 2.45) is 0 Å². The summed E-state index contributed by atoms with van der Waals surface area (Å²) in [5.41, 5.74) is 1.71. The summed E-state index contributed by atoms with van der Waals surface area (Å²) in [4.78, 5) is 11.1. The number of carbonyl (C=O) groups is 1. The van der Waals surface area contributed by atoms with Gasteiger partial charge in [0, 0.05) is 19.0 Å². The van der Waals surface area contributed by atoms with Crippen LogP contribution in [0.15, 0.2) is 24.3 Å². The summed E-state index contributed by atoms with van der Waals surface area (Å²) in [5.74, 6) is 2.47. The molecule has 1 rings (SSSR count). The van der Waals surface area contributed by atoms with Gasteiger partial charge in [-0.3, -0.25) is 4.79 Å². The van der Waals surface area contributed by atoms with E-state index in [4.69, 9.17) is 6.42 Å². The third kappa shape index (κ3) is 2.34. The van der Waals surface area contributed by atoms with Crippen LogP contribution in [0.25, 0.3) is 0 Å². The number of hydrogen-bond donors (Lipinski definition) is 1. The second-order valence-corrected chi connectivity index (χ2v) is 2.66. The van der Waals surface area contributed by atoms with Gasteiger partial charge in [0.15, 0.2) is 0 Å². The average Bonchev–Trinajstić information content (AvgIpc) is 2.18. The van der Waals surface area contributed by atoms with Crippen LogP contribution in [0.2, 0.25) is 0 Å². The Morgan fingerprint density at radius 3 is 2.54 bits per heavy atom. The fourth-order valence-electron chi connectivity index (χ4n) is 1.04. The monoisotopic (exact) mass is 173 g/mol. The standard InChI is InChI=1S/C11H11NO/c1-3-4-9-5-7-10(8-6-9)11(13)12-2/h1,5-8H,4H2,2H3,(H,12,13). The van der Waals surface area contributed by atoms with Crippen molar-refractivity contribution in [2.45, 2.75) is 6.42 Å². The molecule has 0 aliphatic carbocycles. The number of terminal acetylenes is 1. The molecule has 13 heavy (non-hydrogen) atoms. The van der Waals surface area contributed by atoms with Gasteiger partial charge in [0.25, 0.3) is 5.91 Å². The van der Waals surface area contributed by atoms with E-state index in [2.05, 4.69) is 11.2 Å². The maximum Gasteiger partial charge on any atom is 0.251 e. The minimum atomic E-state index is -0.0766. The largest absolute Gasteiger partial charge is 0.355 e. The second-order valence-electron chi connectivity index (χ2n) is 2.66. The van der Waals surface area contributed by atoms with Gasteiger partial charge < -0.3 is 5.32 Å². The second kappa shape index (κ2) is 4.32. The third-order valence-electron chi connectivity index (χ3n) is 1.75. The SMILES string of the molecule is C#CCc1ccc(C(=O)NC)cc1. The van der Waals surface area contributed by atoms with Crippen molar-refractivity contribution >= 4 is 5.91 Å². The van der Waals surface area contributed by atoms with E-state index in [0.29, 0.717) is 12.0 Å². The Balaban J connectivity index is 2.82. The molecule has 2 nitrogen and oxygen atoms in total. The van der Waals surface area contributed by atoms with E-state index in [-0.39, 0.29) is 5.91 Å². The van der Waals surface area contributed by atoms with Crippen molar-refractivity contribution in [3.05, 3.63) is 35.4 Å². The zero-order valence-electron chi connectivity index (χ0n) is 7.50. The molecular formula is C11H11NO. The maximum atomic E-state index is 11.1. The molecule has 0 unspecified atom stereocenters. The smallest absolute Gasteiger partial charge is 0.251 e. The van der Waals surface area contributed by atoms with Gasteiger partial charge >= 0.3 is 0 Å². The van der Waals surface area contributed by atoms with E-state index in [1.165, 1.54) is 0 Å². The first-order valence-electron chi connectivity index (χ1n) is 4.02. The van der Waals surface area contributed by atoms with Crippen molar-refractivity contribution in [2.75, 3.05) is 7.05 Å². The van der Waals surface area contributed by atoms with Crippen LogP contribution < -0.4 is 5.32 Å². The van der Waals surface area contributed by atoms with E-state index in [1.807, 2.05) is 12.1 Å². The molecular weight excluding hydrogens is 162 g/mol. The minimum Gasteiger partial charge on any atom is -0.355 e. The van der Waals surface area contributed by atoms with Crippen molar-refractivity contribution in [3.63, 3.8) is 0 Å². The number of hydrogen-bond acceptors (Lipinski definition) is 1. The van der Waals surface area contributed by atoms with Gasteiger partial charge in [0.1, 0.15) is 0 Å². The number of benzene rings is 1. The van der Waals surface area contributed by atoms with E-state index in [0.717, 1.165) is 5.56 Å². The molecule has 0 heterocycles. The summed E-state index contributed by atoms with van der Waals surface area (Å²) >= 11 is 0. The molecule has 1 amide bonds. The quantitative estimate of drug-likeness (QED) is 0.669. The normalized spacial score (nSPS) is 8.92. The van der Waals surface area contributed by atoms with Gasteiger partial charge in [-0.15, -0.1) is 12.3 Å². The number of carbonyl (C=O) groups excluding carboxylic acids is 1. The summed E-state index contributed by atoms with van der Waals surface area (Å²) in [6, 6.07) is 7.27. The van der Waals surface area contributed by atoms with Crippen molar-refractivity contribution < 1.29 is 4.79 Å². The highest BCUT2D eigenvalue weighted by atomic mass is 16.1. The fraction of sp³-hybridized carbons (Fsp3) is 0.182. The molecule has 1 N–H and O–H groups in total. The summed E-state index contributed by atoms with van der Waals surface area (Å²) in [6.07, 6.45) is 5.76. The van der Waals surface area contributed by atoms with Crippen molar-refractivity contribution in [1.29, 1.82) is 0 Å². The van der Waals surface area contributed by atoms with Crippen LogP contribution in [0.3, 0.4) is 0 Å². The van der Waals surface area contributed by atoms with Gasteiger partial charge in [-0.25, -0.2) is 0 Å². The van der Waals surface area contributed by atoms with E-state index in [9.17, 15) is 4.79 Å². The molecule has 2 heteroatoms. The highest BCUT2D eigenvalue weighted by Gasteiger charge is 2.00. The predicted molar refractivity (Wildman–Crippen MR) is 52.4 cm³/mol. The molecule has 0 atom stereocenters. The molecule has 0 spiro atoms. The van der Waals surface area contributed by atoms with Crippen molar-refractivity contribution in [3.8, 4) is 12.3 Å². The van der Waals surface area contributed by atoms with Crippen LogP contribution in [0.1, 0.15) is 15.9 Å². The molecule has 1 aromatic rings. The molecule has 0 aromatic heterocycles. The van der Waals surface area contributed by atoms with Gasteiger partial charge in [0.2, 0.25) is 0 Å². The maximum absolute atomic E-state index is 11.1. The lowest BCUT2D eigenvalue weighted by atomic mass is 10.1. The first-order valence-corrected chi connectivity index (χ1v) is 4.02. The average molecular weight is 173 g/mol. The van der Waals surface area contributed by atoms with Crippen LogP contribution in [0, 0.1) is 12.3 Å². The molecule has 0 aliphatic heterocycles. The lowest BCUT2D eigenvalue weighted by Gasteiger charge is -2.00. The fourth-order valence-corrected chi connectivity index (χ4v) is 1.04. The third-order valence-corrected chi connectivity index (χ3v) is 1.75. The molecule has 0 fully saturated rings. The lowest BCUT2D eigenvalue weighted by molar-refractivity contribution is 0.0963. The van der Waals surface area contributed by atoms with Crippen LogP contribution in [0.4, 0.5) is 0 Å². The molecule has 0 radical (unpaired) electrons. The number of rotatable bonds is 2. The van der Waals surface area contributed by atoms with Crippen LogP contribution in [-0.4, -0.2) is 13.0 Å². The molecule has 0 saturated carbocycles. The van der Waals surface area contributed by atoms with E-state index < -0.39 is 0 Å². The van der Waals surface area contributed by atoms with Crippen LogP contribution in [0.5, 0.6) is 0 Å². The summed E-state index contributed by atoms with van der Waals surface area (Å²) in [6.45, 7) is 0. The first kappa shape index (κ1) is 9.34. The Morgan fingerprint density at radius 1 is 1.46 bits per heavy atom. The van der Waals surface area contributed by atoms with Crippen LogP contribution in [-0.2, 0) is 6.42 Å². The summed E-state index contributed by atoms with van der Waals surface area (Å²) in [7, 11) is 1.61. The molecule has 0 bridgehead atoms. The predicted octanol–water partition coefficient (Wildman–Crippen LogP) is 1.22. The minimum absolute atomic E-state index is 0.0766. The first-order chi connectivity index (χ1) is 6.27. The van der Waals surface area contributed by atoms with Gasteiger partial charge in [-0.2, -0.15) is 0 Å². The molecule has 0 saturated heterocycles. The highest BCUT2D eigenvalue weighted by molar-refractivity contribution is 5.93. The Kier molecular flexibility index (Phi) is 3.10. The Bertz CT molecular complexity index is 332. The van der Waals surface area contributed by atoms with Crippen molar-refractivity contribution in [1.82, 2.24) is 5.32 Å². The van der Waals surface area contributed by atoms with Crippen LogP contribution >= 0.6 is 0 Å². The van der Waals surface area contributed by atoms with Gasteiger partial charge in [-0.1, -0.05) is 12.1 Å². The highest BCUT2D eigenvalue weighted by Crippen LogP contribution is 2.04. The number of amides is 1. The zero-order chi connectivity index (χ0) is 9.68. The van der Waals surface area contributed by atoms with Gasteiger partial charge in [0.05, 0.1) is 0 Å². The van der Waals surface area contributed by atoms with E-state index in [1.54, 1.807) is 19.2 Å². The topological polar surface area (TPSA) is 29.1 Å². The molecule has 0 aliphatic rings. The summed E-state index contributed by atoms with van der Waals surface area (Å²) in [5, 5.41) is 2.55. The Hall–Kier alpha value is -1.75. The Morgan fingerprint density at radius 2 is 2.08 bits per heavy atom. The number of nitrogens with one attached hydrogen (secondary N) is 1. The molecule has 1 aromatic carbocycles. The summed E-state index contributed by atoms with van der Waals surface area (Å²) < 4.78 is 0. The van der Waals surface area contributed by atoms with Gasteiger partial charge in [-0.05, 0) is 17.7 Å². The Labute approximate surface area is 78.0 Å². The zero-order valence-corrected chi connectivity index (χ0v) is 7.50. The molecule has 66 valence electrons.